The van der Waals surface area contributed by atoms with E-state index in [0.717, 1.165) is 5.57 Å². The minimum absolute atomic E-state index is 0.182. The number of hydrogen-bond acceptors (Lipinski definition) is 5. The summed E-state index contributed by atoms with van der Waals surface area (Å²) < 4.78 is 4.56. The van der Waals surface area contributed by atoms with Gasteiger partial charge in [-0.25, -0.2) is 0 Å². The first kappa shape index (κ1) is 15.8. The van der Waals surface area contributed by atoms with Gasteiger partial charge in [0.05, 0.1) is 6.54 Å². The molecule has 0 aromatic carbocycles. The number of nitroso groups, excluding NO2 is 1. The highest BCUT2D eigenvalue weighted by Gasteiger charge is 2.01. The number of carbonyl (C=O) groups excluding carboxylic acids is 1. The summed E-state index contributed by atoms with van der Waals surface area (Å²) in [6.07, 6.45) is 8.83. The molecule has 0 heterocycles. The van der Waals surface area contributed by atoms with Gasteiger partial charge in [0, 0.05) is 11.3 Å². The third-order valence-electron chi connectivity index (χ3n) is 2.13. The van der Waals surface area contributed by atoms with Crippen molar-refractivity contribution in [3.63, 3.8) is 0 Å². The van der Waals surface area contributed by atoms with E-state index >= 15 is 0 Å². The normalized spacial score (nSPS) is 13.8. The zero-order valence-corrected chi connectivity index (χ0v) is 10.6. The molecule has 0 fully saturated rings. The predicted octanol–water partition coefficient (Wildman–Crippen LogP) is 2.56. The van der Waals surface area contributed by atoms with E-state index in [-0.39, 0.29) is 6.54 Å². The van der Waals surface area contributed by atoms with Gasteiger partial charge in [0.25, 0.3) is 6.47 Å². The Kier molecular flexibility index (Phi) is 8.81. The average molecular weight is 250 g/mol. The first-order valence-corrected chi connectivity index (χ1v) is 5.53. The number of hydrogen-bond donors (Lipinski definition) is 1. The summed E-state index contributed by atoms with van der Waals surface area (Å²) >= 11 is 0. The van der Waals surface area contributed by atoms with Crippen LogP contribution < -0.4 is 5.73 Å². The van der Waals surface area contributed by atoms with Crippen molar-refractivity contribution in [1.29, 1.82) is 0 Å². The highest BCUT2D eigenvalue weighted by molar-refractivity contribution is 5.43. The van der Waals surface area contributed by atoms with Crippen LogP contribution in [-0.2, 0) is 9.53 Å². The first-order chi connectivity index (χ1) is 8.69. The van der Waals surface area contributed by atoms with Gasteiger partial charge in [-0.15, -0.1) is 0 Å². The molecule has 0 bridgehead atoms. The molecule has 0 saturated carbocycles. The van der Waals surface area contributed by atoms with Gasteiger partial charge in [-0.1, -0.05) is 23.4 Å². The summed E-state index contributed by atoms with van der Waals surface area (Å²) in [5, 5.41) is 2.80. The maximum atomic E-state index is 10.1. The van der Waals surface area contributed by atoms with E-state index in [9.17, 15) is 9.70 Å². The Morgan fingerprint density at radius 3 is 2.61 bits per heavy atom. The molecule has 0 atom stereocenters. The summed E-state index contributed by atoms with van der Waals surface area (Å²) in [7, 11) is 0. The van der Waals surface area contributed by atoms with Crippen LogP contribution in [0.2, 0.25) is 0 Å². The lowest BCUT2D eigenvalue weighted by Gasteiger charge is -2.05. The Bertz CT molecular complexity index is 393. The lowest BCUT2D eigenvalue weighted by molar-refractivity contribution is -0.123. The Morgan fingerprint density at radius 2 is 2.11 bits per heavy atom. The number of allylic oxidation sites excluding steroid dienone is 6. The molecule has 2 N–H and O–H groups in total. The van der Waals surface area contributed by atoms with E-state index in [4.69, 9.17) is 5.73 Å². The quantitative estimate of drug-likeness (QED) is 0.310. The van der Waals surface area contributed by atoms with E-state index < -0.39 is 0 Å². The van der Waals surface area contributed by atoms with Crippen molar-refractivity contribution in [3.8, 4) is 0 Å². The fourth-order valence-corrected chi connectivity index (χ4v) is 1.31. The van der Waals surface area contributed by atoms with Crippen LogP contribution in [0, 0.1) is 4.91 Å². The molecule has 0 radical (unpaired) electrons. The fourth-order valence-electron chi connectivity index (χ4n) is 1.31. The maximum absolute atomic E-state index is 10.1. The molecule has 0 unspecified atom stereocenters. The van der Waals surface area contributed by atoms with Gasteiger partial charge in [-0.05, 0) is 31.9 Å². The van der Waals surface area contributed by atoms with Crippen molar-refractivity contribution in [1.82, 2.24) is 0 Å². The minimum Gasteiger partial charge on any atom is -0.436 e. The van der Waals surface area contributed by atoms with Crippen molar-refractivity contribution in [2.45, 2.75) is 20.3 Å². The minimum atomic E-state index is 0.182. The topological polar surface area (TPSA) is 81.8 Å². The second-order valence-corrected chi connectivity index (χ2v) is 3.37. The summed E-state index contributed by atoms with van der Waals surface area (Å²) in [5.74, 6) is 0. The van der Waals surface area contributed by atoms with Gasteiger partial charge in [-0.3, -0.25) is 4.79 Å². The first-order valence-electron chi connectivity index (χ1n) is 5.53. The fraction of sp³-hybridized carbons (Fsp3) is 0.308. The molecular weight excluding hydrogens is 232 g/mol. The van der Waals surface area contributed by atoms with Crippen LogP contribution in [0.25, 0.3) is 0 Å². The van der Waals surface area contributed by atoms with Gasteiger partial charge in [0.1, 0.15) is 6.26 Å². The molecule has 0 spiro atoms. The largest absolute Gasteiger partial charge is 0.436 e. The lowest BCUT2D eigenvalue weighted by atomic mass is 10.1. The van der Waals surface area contributed by atoms with Crippen LogP contribution in [0.1, 0.15) is 20.3 Å². The molecule has 0 aliphatic heterocycles. The molecule has 0 saturated heterocycles. The third kappa shape index (κ3) is 6.42. The van der Waals surface area contributed by atoms with E-state index in [0.29, 0.717) is 24.2 Å². The SMILES string of the molecule is C\C=C/C(=C\OC=O)/C=C(N)\C(=C/C)CCN=O. The van der Waals surface area contributed by atoms with Crippen LogP contribution in [0.5, 0.6) is 0 Å². The smallest absolute Gasteiger partial charge is 0.297 e. The van der Waals surface area contributed by atoms with Crippen LogP contribution in [0.4, 0.5) is 0 Å². The molecule has 0 aromatic rings. The van der Waals surface area contributed by atoms with E-state index in [1.54, 1.807) is 18.2 Å². The Labute approximate surface area is 107 Å². The van der Waals surface area contributed by atoms with Gasteiger partial charge >= 0.3 is 0 Å². The van der Waals surface area contributed by atoms with Crippen molar-refractivity contribution in [2.24, 2.45) is 10.9 Å². The van der Waals surface area contributed by atoms with Crippen molar-refractivity contribution in [3.05, 3.63) is 52.3 Å². The van der Waals surface area contributed by atoms with E-state index in [1.807, 2.05) is 19.9 Å². The Morgan fingerprint density at radius 1 is 1.39 bits per heavy atom. The second-order valence-electron chi connectivity index (χ2n) is 3.37. The van der Waals surface area contributed by atoms with E-state index in [2.05, 4.69) is 9.91 Å². The number of nitrogens with zero attached hydrogens (tertiary/aromatic N) is 1. The molecule has 5 heteroatoms. The monoisotopic (exact) mass is 250 g/mol. The summed E-state index contributed by atoms with van der Waals surface area (Å²) in [5.41, 5.74) is 7.90. The highest BCUT2D eigenvalue weighted by atomic mass is 16.5. The number of carbonyl (C=O) groups is 1. The average Bonchev–Trinajstić information content (AvgIpc) is 2.37. The Balaban J connectivity index is 4.97. The second kappa shape index (κ2) is 10.0. The van der Waals surface area contributed by atoms with Crippen molar-refractivity contribution < 1.29 is 9.53 Å². The zero-order chi connectivity index (χ0) is 13.8. The zero-order valence-electron chi connectivity index (χ0n) is 10.6. The molecule has 5 nitrogen and oxygen atoms in total. The standard InChI is InChI=1S/C13H18N2O3/c1-3-5-11(9-18-10-16)8-13(14)12(4-2)6-7-15-17/h3-5,8-10H,6-7,14H2,1-2H3/b5-3-,11-9+,12-4-,13-8+. The Hall–Kier alpha value is -2.17. The van der Waals surface area contributed by atoms with Crippen LogP contribution in [-0.4, -0.2) is 13.0 Å². The summed E-state index contributed by atoms with van der Waals surface area (Å²) in [4.78, 5) is 20.2. The molecule has 0 rings (SSSR count). The van der Waals surface area contributed by atoms with Crippen molar-refractivity contribution in [2.75, 3.05) is 6.54 Å². The van der Waals surface area contributed by atoms with Crippen LogP contribution in [0.15, 0.2) is 52.6 Å². The van der Waals surface area contributed by atoms with Gasteiger partial charge in [0.2, 0.25) is 0 Å². The lowest BCUT2D eigenvalue weighted by Crippen LogP contribution is -2.03. The van der Waals surface area contributed by atoms with Crippen LogP contribution >= 0.6 is 0 Å². The molecule has 98 valence electrons. The number of rotatable bonds is 8. The van der Waals surface area contributed by atoms with Crippen LogP contribution in [0.3, 0.4) is 0 Å². The number of ether oxygens (including phenoxy) is 1. The highest BCUT2D eigenvalue weighted by Crippen LogP contribution is 2.13. The molecular formula is C13H18N2O3. The molecule has 0 aliphatic carbocycles. The number of nitrogens with two attached hydrogens (primary N) is 1. The predicted molar refractivity (Wildman–Crippen MR) is 71.4 cm³/mol. The molecule has 0 amide bonds. The third-order valence-corrected chi connectivity index (χ3v) is 2.13. The molecule has 18 heavy (non-hydrogen) atoms. The summed E-state index contributed by atoms with van der Waals surface area (Å²) in [6.45, 7) is 4.19. The molecule has 0 aromatic heterocycles. The maximum Gasteiger partial charge on any atom is 0.297 e. The van der Waals surface area contributed by atoms with Crippen molar-refractivity contribution >= 4 is 6.47 Å². The van der Waals surface area contributed by atoms with Gasteiger partial charge in [0.15, 0.2) is 0 Å². The summed E-state index contributed by atoms with van der Waals surface area (Å²) in [6, 6.07) is 0. The van der Waals surface area contributed by atoms with E-state index in [1.165, 1.54) is 6.26 Å². The van der Waals surface area contributed by atoms with Gasteiger partial charge < -0.3 is 10.5 Å². The molecule has 0 aliphatic rings. The van der Waals surface area contributed by atoms with Gasteiger partial charge in [-0.2, -0.15) is 4.91 Å².